The third-order valence-corrected chi connectivity index (χ3v) is 7.43. The summed E-state index contributed by atoms with van der Waals surface area (Å²) in [5.41, 5.74) is 3.28. The predicted octanol–water partition coefficient (Wildman–Crippen LogP) is 3.37. The Hall–Kier alpha value is -1.93. The van der Waals surface area contributed by atoms with Crippen LogP contribution in [-0.4, -0.2) is 55.5 Å². The van der Waals surface area contributed by atoms with Gasteiger partial charge in [0.25, 0.3) is 5.91 Å². The predicted molar refractivity (Wildman–Crippen MR) is 117 cm³/mol. The Kier molecular flexibility index (Phi) is 6.95. The molecule has 0 aromatic heterocycles. The molecule has 1 amide bonds. The number of nitrogens with one attached hydrogen (secondary N) is 1. The van der Waals surface area contributed by atoms with Crippen molar-refractivity contribution in [3.63, 3.8) is 0 Å². The summed E-state index contributed by atoms with van der Waals surface area (Å²) < 4.78 is 25.5. The number of rotatable bonds is 6. The van der Waals surface area contributed by atoms with Crippen molar-refractivity contribution < 1.29 is 13.2 Å². The minimum Gasteiger partial charge on any atom is -0.322 e. The SMILES string of the molecule is CCS(=O)(=O)N1CCN(Cc2ccc(C(=O)Nc3ccc(C)c(Cl)c3)cc2)CC1. The second-order valence-corrected chi connectivity index (χ2v) is 9.86. The van der Waals surface area contributed by atoms with Gasteiger partial charge < -0.3 is 5.32 Å². The van der Waals surface area contributed by atoms with Gasteiger partial charge in [-0.3, -0.25) is 9.69 Å². The standard InChI is InChI=1S/C21H26ClN3O3S/c1-3-29(27,28)25-12-10-24(11-13-25)15-17-5-7-18(8-6-17)21(26)23-19-9-4-16(2)20(22)14-19/h4-9,14H,3,10-13,15H2,1-2H3,(H,23,26). The summed E-state index contributed by atoms with van der Waals surface area (Å²) in [5.74, 6) is -0.0412. The lowest BCUT2D eigenvalue weighted by molar-refractivity contribution is 0.102. The van der Waals surface area contributed by atoms with E-state index in [9.17, 15) is 13.2 Å². The Bertz CT molecular complexity index is 969. The maximum absolute atomic E-state index is 12.4. The molecule has 1 heterocycles. The summed E-state index contributed by atoms with van der Waals surface area (Å²) in [6, 6.07) is 12.9. The fourth-order valence-electron chi connectivity index (χ4n) is 3.24. The molecule has 0 atom stereocenters. The van der Waals surface area contributed by atoms with Crippen LogP contribution in [0.4, 0.5) is 5.69 Å². The molecule has 2 aromatic rings. The number of sulfonamides is 1. The molecule has 0 aliphatic carbocycles. The Morgan fingerprint density at radius 2 is 1.72 bits per heavy atom. The molecule has 1 fully saturated rings. The average molecular weight is 436 g/mol. The minimum atomic E-state index is -3.11. The first-order chi connectivity index (χ1) is 13.8. The number of carbonyl (C=O) groups is 1. The number of benzene rings is 2. The van der Waals surface area contributed by atoms with Gasteiger partial charge in [0.2, 0.25) is 10.0 Å². The molecule has 1 aliphatic rings. The molecule has 0 spiro atoms. The van der Waals surface area contributed by atoms with Gasteiger partial charge in [-0.05, 0) is 49.2 Å². The van der Waals surface area contributed by atoms with E-state index in [0.29, 0.717) is 42.5 Å². The van der Waals surface area contributed by atoms with Crippen LogP contribution in [0.25, 0.3) is 0 Å². The summed E-state index contributed by atoms with van der Waals surface area (Å²) in [6.07, 6.45) is 0. The number of hydrogen-bond acceptors (Lipinski definition) is 4. The zero-order valence-electron chi connectivity index (χ0n) is 16.7. The van der Waals surface area contributed by atoms with Crippen molar-refractivity contribution >= 4 is 33.2 Å². The molecule has 2 aromatic carbocycles. The summed E-state index contributed by atoms with van der Waals surface area (Å²) in [6.45, 7) is 6.77. The van der Waals surface area contributed by atoms with Crippen molar-refractivity contribution in [1.82, 2.24) is 9.21 Å². The van der Waals surface area contributed by atoms with Gasteiger partial charge >= 0.3 is 0 Å². The van der Waals surface area contributed by atoms with E-state index >= 15 is 0 Å². The number of amides is 1. The maximum Gasteiger partial charge on any atom is 0.255 e. The van der Waals surface area contributed by atoms with Gasteiger partial charge in [0, 0.05) is 49.0 Å². The number of aryl methyl sites for hydroxylation is 1. The fourth-order valence-corrected chi connectivity index (χ4v) is 4.51. The van der Waals surface area contributed by atoms with E-state index in [1.807, 2.05) is 31.2 Å². The fraction of sp³-hybridized carbons (Fsp3) is 0.381. The molecule has 29 heavy (non-hydrogen) atoms. The van der Waals surface area contributed by atoms with Crippen LogP contribution in [0.3, 0.4) is 0 Å². The Morgan fingerprint density at radius 3 is 2.31 bits per heavy atom. The monoisotopic (exact) mass is 435 g/mol. The molecule has 8 heteroatoms. The van der Waals surface area contributed by atoms with Crippen molar-refractivity contribution in [2.75, 3.05) is 37.2 Å². The molecular formula is C21H26ClN3O3S. The van der Waals surface area contributed by atoms with Gasteiger partial charge in [-0.2, -0.15) is 4.31 Å². The van der Waals surface area contributed by atoms with Crippen LogP contribution in [0.15, 0.2) is 42.5 Å². The van der Waals surface area contributed by atoms with Crippen LogP contribution in [0.2, 0.25) is 5.02 Å². The highest BCUT2D eigenvalue weighted by Gasteiger charge is 2.25. The van der Waals surface area contributed by atoms with E-state index in [2.05, 4.69) is 10.2 Å². The van der Waals surface area contributed by atoms with Crippen molar-refractivity contribution in [2.45, 2.75) is 20.4 Å². The summed E-state index contributed by atoms with van der Waals surface area (Å²) >= 11 is 6.11. The average Bonchev–Trinajstić information content (AvgIpc) is 2.71. The number of halogens is 1. The number of carbonyl (C=O) groups excluding carboxylic acids is 1. The van der Waals surface area contributed by atoms with Gasteiger partial charge in [-0.1, -0.05) is 29.8 Å². The van der Waals surface area contributed by atoms with Gasteiger partial charge in [0.1, 0.15) is 0 Å². The van der Waals surface area contributed by atoms with Gasteiger partial charge in [-0.25, -0.2) is 8.42 Å². The molecule has 0 unspecified atom stereocenters. The lowest BCUT2D eigenvalue weighted by Crippen LogP contribution is -2.48. The number of anilines is 1. The van der Waals surface area contributed by atoms with Crippen LogP contribution in [0.5, 0.6) is 0 Å². The molecule has 156 valence electrons. The molecule has 0 saturated carbocycles. The molecule has 0 bridgehead atoms. The lowest BCUT2D eigenvalue weighted by Gasteiger charge is -2.33. The van der Waals surface area contributed by atoms with Crippen molar-refractivity contribution in [2.24, 2.45) is 0 Å². The third kappa shape index (κ3) is 5.57. The van der Waals surface area contributed by atoms with E-state index in [0.717, 1.165) is 17.7 Å². The van der Waals surface area contributed by atoms with Crippen LogP contribution in [0.1, 0.15) is 28.4 Å². The van der Waals surface area contributed by atoms with E-state index in [1.165, 1.54) is 0 Å². The van der Waals surface area contributed by atoms with Crippen LogP contribution >= 0.6 is 11.6 Å². The zero-order chi connectivity index (χ0) is 21.0. The first kappa shape index (κ1) is 21.8. The third-order valence-electron chi connectivity index (χ3n) is 5.14. The quantitative estimate of drug-likeness (QED) is 0.755. The Balaban J connectivity index is 1.55. The Labute approximate surface area is 177 Å². The topological polar surface area (TPSA) is 69.7 Å². The molecule has 1 N–H and O–H groups in total. The molecule has 1 saturated heterocycles. The van der Waals surface area contributed by atoms with Crippen LogP contribution in [0, 0.1) is 6.92 Å². The largest absolute Gasteiger partial charge is 0.322 e. The van der Waals surface area contributed by atoms with Crippen LogP contribution in [-0.2, 0) is 16.6 Å². The zero-order valence-corrected chi connectivity index (χ0v) is 18.3. The normalized spacial score (nSPS) is 16.0. The molecule has 6 nitrogen and oxygen atoms in total. The molecular weight excluding hydrogens is 410 g/mol. The highest BCUT2D eigenvalue weighted by atomic mass is 35.5. The highest BCUT2D eigenvalue weighted by Crippen LogP contribution is 2.20. The summed E-state index contributed by atoms with van der Waals surface area (Å²) in [4.78, 5) is 14.7. The number of nitrogens with zero attached hydrogens (tertiary/aromatic N) is 2. The summed E-state index contributed by atoms with van der Waals surface area (Å²) in [5, 5.41) is 3.47. The van der Waals surface area contributed by atoms with Gasteiger partial charge in [-0.15, -0.1) is 0 Å². The van der Waals surface area contributed by atoms with E-state index in [4.69, 9.17) is 11.6 Å². The van der Waals surface area contributed by atoms with Crippen molar-refractivity contribution in [3.8, 4) is 0 Å². The van der Waals surface area contributed by atoms with Crippen LogP contribution < -0.4 is 5.32 Å². The van der Waals surface area contributed by atoms with Gasteiger partial charge in [0.15, 0.2) is 0 Å². The number of hydrogen-bond donors (Lipinski definition) is 1. The first-order valence-corrected chi connectivity index (χ1v) is 11.6. The van der Waals surface area contributed by atoms with Crippen molar-refractivity contribution in [1.29, 1.82) is 0 Å². The maximum atomic E-state index is 12.4. The van der Waals surface area contributed by atoms with Crippen molar-refractivity contribution in [3.05, 3.63) is 64.2 Å². The second-order valence-electron chi connectivity index (χ2n) is 7.19. The molecule has 0 radical (unpaired) electrons. The Morgan fingerprint density at radius 1 is 1.07 bits per heavy atom. The number of piperazine rings is 1. The lowest BCUT2D eigenvalue weighted by atomic mass is 10.1. The second kappa shape index (κ2) is 9.26. The highest BCUT2D eigenvalue weighted by molar-refractivity contribution is 7.89. The molecule has 1 aliphatic heterocycles. The smallest absolute Gasteiger partial charge is 0.255 e. The molecule has 3 rings (SSSR count). The van der Waals surface area contributed by atoms with E-state index in [1.54, 1.807) is 29.4 Å². The minimum absolute atomic E-state index is 0.144. The van der Waals surface area contributed by atoms with E-state index in [-0.39, 0.29) is 11.7 Å². The summed E-state index contributed by atoms with van der Waals surface area (Å²) in [7, 11) is -3.11. The van der Waals surface area contributed by atoms with E-state index < -0.39 is 10.0 Å². The first-order valence-electron chi connectivity index (χ1n) is 9.65. The van der Waals surface area contributed by atoms with Gasteiger partial charge in [0.05, 0.1) is 5.75 Å².